The number of rotatable bonds is 3. The molecule has 0 spiro atoms. The minimum Gasteiger partial charge on any atom is -0.353 e. The van der Waals surface area contributed by atoms with Crippen molar-refractivity contribution in [1.82, 2.24) is 0 Å². The average Bonchev–Trinajstić information content (AvgIpc) is 2.05. The van der Waals surface area contributed by atoms with E-state index in [0.717, 1.165) is 11.8 Å². The lowest BCUT2D eigenvalue weighted by atomic mass is 9.58. The van der Waals surface area contributed by atoms with Gasteiger partial charge in [0.05, 0.1) is 0 Å². The first-order chi connectivity index (χ1) is 5.54. The first-order valence-electron chi connectivity index (χ1n) is 4.20. The molecule has 12 heavy (non-hydrogen) atoms. The van der Waals surface area contributed by atoms with Gasteiger partial charge in [-0.15, -0.1) is 0 Å². The summed E-state index contributed by atoms with van der Waals surface area (Å²) in [5.74, 6) is 0.295. The molecule has 1 unspecified atom stereocenters. The van der Waals surface area contributed by atoms with Crippen LogP contribution < -0.4 is 0 Å². The number of hydrogen-bond donors (Lipinski definition) is 0. The van der Waals surface area contributed by atoms with E-state index in [1.54, 1.807) is 14.2 Å². The van der Waals surface area contributed by atoms with Gasteiger partial charge in [0.2, 0.25) is 0 Å². The van der Waals surface area contributed by atoms with Crippen molar-refractivity contribution in [1.29, 1.82) is 0 Å². The third-order valence-corrected chi connectivity index (χ3v) is 4.14. The molecule has 3 heteroatoms. The molecule has 1 fully saturated rings. The SMILES string of the molecule is COC1(OC)CC(CBr)C1(C)C. The van der Waals surface area contributed by atoms with Crippen molar-refractivity contribution >= 4 is 15.9 Å². The highest BCUT2D eigenvalue weighted by atomic mass is 79.9. The summed E-state index contributed by atoms with van der Waals surface area (Å²) in [6, 6.07) is 0. The topological polar surface area (TPSA) is 18.5 Å². The highest BCUT2D eigenvalue weighted by molar-refractivity contribution is 9.09. The molecule has 1 aliphatic rings. The van der Waals surface area contributed by atoms with Crippen molar-refractivity contribution in [2.24, 2.45) is 11.3 Å². The van der Waals surface area contributed by atoms with Crippen LogP contribution in [0.3, 0.4) is 0 Å². The monoisotopic (exact) mass is 236 g/mol. The van der Waals surface area contributed by atoms with E-state index in [-0.39, 0.29) is 11.2 Å². The van der Waals surface area contributed by atoms with Crippen LogP contribution >= 0.6 is 15.9 Å². The smallest absolute Gasteiger partial charge is 0.173 e. The number of alkyl halides is 1. The minimum atomic E-state index is -0.356. The van der Waals surface area contributed by atoms with E-state index >= 15 is 0 Å². The van der Waals surface area contributed by atoms with Gasteiger partial charge in [-0.05, 0) is 5.92 Å². The maximum absolute atomic E-state index is 5.43. The maximum Gasteiger partial charge on any atom is 0.173 e. The predicted molar refractivity (Wildman–Crippen MR) is 52.4 cm³/mol. The van der Waals surface area contributed by atoms with E-state index < -0.39 is 0 Å². The molecule has 0 aromatic rings. The van der Waals surface area contributed by atoms with Crippen LogP contribution in [0.15, 0.2) is 0 Å². The standard InChI is InChI=1S/C9H17BrO2/c1-8(2)7(6-10)5-9(8,11-3)12-4/h7H,5-6H2,1-4H3. The molecule has 1 rings (SSSR count). The van der Waals surface area contributed by atoms with Gasteiger partial charge in [0.15, 0.2) is 5.79 Å². The molecule has 0 aromatic heterocycles. The van der Waals surface area contributed by atoms with Gasteiger partial charge >= 0.3 is 0 Å². The second kappa shape index (κ2) is 3.28. The lowest BCUT2D eigenvalue weighted by Gasteiger charge is -2.58. The molecule has 1 saturated carbocycles. The van der Waals surface area contributed by atoms with E-state index in [0.29, 0.717) is 5.92 Å². The summed E-state index contributed by atoms with van der Waals surface area (Å²) in [7, 11) is 3.44. The molecule has 1 aliphatic carbocycles. The van der Waals surface area contributed by atoms with Crippen molar-refractivity contribution < 1.29 is 9.47 Å². The summed E-state index contributed by atoms with van der Waals surface area (Å²) in [6.45, 7) is 4.38. The van der Waals surface area contributed by atoms with Crippen LogP contribution in [0, 0.1) is 11.3 Å². The van der Waals surface area contributed by atoms with Crippen molar-refractivity contribution in [3.05, 3.63) is 0 Å². The van der Waals surface area contributed by atoms with Gasteiger partial charge in [0.25, 0.3) is 0 Å². The fraction of sp³-hybridized carbons (Fsp3) is 1.00. The van der Waals surface area contributed by atoms with E-state index in [9.17, 15) is 0 Å². The number of ether oxygens (including phenoxy) is 2. The third-order valence-electron chi connectivity index (χ3n) is 3.36. The Morgan fingerprint density at radius 1 is 1.33 bits per heavy atom. The molecule has 0 N–H and O–H groups in total. The molecule has 0 aliphatic heterocycles. The normalized spacial score (nSPS) is 31.2. The molecule has 72 valence electrons. The van der Waals surface area contributed by atoms with E-state index in [2.05, 4.69) is 29.8 Å². The van der Waals surface area contributed by atoms with Gasteiger partial charge in [-0.3, -0.25) is 0 Å². The molecule has 0 bridgehead atoms. The van der Waals surface area contributed by atoms with Crippen LogP contribution in [0.25, 0.3) is 0 Å². The molecule has 0 heterocycles. The second-order valence-electron chi connectivity index (χ2n) is 3.94. The Balaban J connectivity index is 2.73. The van der Waals surface area contributed by atoms with Gasteiger partial charge in [-0.25, -0.2) is 0 Å². The van der Waals surface area contributed by atoms with Gasteiger partial charge in [-0.1, -0.05) is 29.8 Å². The van der Waals surface area contributed by atoms with E-state index in [4.69, 9.17) is 9.47 Å². The second-order valence-corrected chi connectivity index (χ2v) is 4.59. The number of hydrogen-bond acceptors (Lipinski definition) is 2. The van der Waals surface area contributed by atoms with Gasteiger partial charge in [0, 0.05) is 31.4 Å². The Labute approximate surface area is 82.7 Å². The van der Waals surface area contributed by atoms with Crippen molar-refractivity contribution in [3.8, 4) is 0 Å². The molecular formula is C9H17BrO2. The lowest BCUT2D eigenvalue weighted by Crippen LogP contribution is -2.63. The quantitative estimate of drug-likeness (QED) is 0.554. The molecule has 0 saturated heterocycles. The molecule has 0 amide bonds. The molecule has 1 atom stereocenters. The Morgan fingerprint density at radius 2 is 1.83 bits per heavy atom. The highest BCUT2D eigenvalue weighted by Gasteiger charge is 2.60. The van der Waals surface area contributed by atoms with E-state index in [1.807, 2.05) is 0 Å². The van der Waals surface area contributed by atoms with Crippen molar-refractivity contribution in [2.75, 3.05) is 19.5 Å². The van der Waals surface area contributed by atoms with Crippen LogP contribution in [0.2, 0.25) is 0 Å². The zero-order chi connectivity index (χ0) is 9.41. The van der Waals surface area contributed by atoms with Crippen LogP contribution in [0.4, 0.5) is 0 Å². The third kappa shape index (κ3) is 1.14. The van der Waals surface area contributed by atoms with Crippen LogP contribution in [0.1, 0.15) is 20.3 Å². The van der Waals surface area contributed by atoms with Crippen LogP contribution in [0.5, 0.6) is 0 Å². The van der Waals surface area contributed by atoms with Crippen molar-refractivity contribution in [2.45, 2.75) is 26.1 Å². The zero-order valence-corrected chi connectivity index (χ0v) is 9.77. The summed E-state index contributed by atoms with van der Waals surface area (Å²) in [4.78, 5) is 0. The molecule has 0 aromatic carbocycles. The summed E-state index contributed by atoms with van der Waals surface area (Å²) in [5.41, 5.74) is 0.111. The van der Waals surface area contributed by atoms with Gasteiger partial charge < -0.3 is 9.47 Å². The predicted octanol–water partition coefficient (Wildman–Crippen LogP) is 2.42. The Morgan fingerprint density at radius 3 is 2.08 bits per heavy atom. The molecule has 2 nitrogen and oxygen atoms in total. The van der Waals surface area contributed by atoms with Gasteiger partial charge in [0.1, 0.15) is 0 Å². The first-order valence-corrected chi connectivity index (χ1v) is 5.32. The van der Waals surface area contributed by atoms with Crippen LogP contribution in [-0.2, 0) is 9.47 Å². The van der Waals surface area contributed by atoms with E-state index in [1.165, 1.54) is 0 Å². The highest BCUT2D eigenvalue weighted by Crippen LogP contribution is 2.56. The van der Waals surface area contributed by atoms with Gasteiger partial charge in [-0.2, -0.15) is 0 Å². The summed E-state index contributed by atoms with van der Waals surface area (Å²) >= 11 is 3.50. The average molecular weight is 237 g/mol. The Hall–Kier alpha value is 0.400. The minimum absolute atomic E-state index is 0.111. The summed E-state index contributed by atoms with van der Waals surface area (Å²) in [6.07, 6.45) is 0.984. The zero-order valence-electron chi connectivity index (χ0n) is 8.19. The molecular weight excluding hydrogens is 220 g/mol. The first kappa shape index (κ1) is 10.5. The Kier molecular flexibility index (Phi) is 2.86. The number of methoxy groups -OCH3 is 2. The Bertz CT molecular complexity index is 164. The number of halogens is 1. The lowest BCUT2D eigenvalue weighted by molar-refractivity contribution is -0.342. The summed E-state index contributed by atoms with van der Waals surface area (Å²) in [5, 5.41) is 1.02. The fourth-order valence-electron chi connectivity index (χ4n) is 2.05. The summed E-state index contributed by atoms with van der Waals surface area (Å²) < 4.78 is 10.9. The maximum atomic E-state index is 5.43. The molecule has 0 radical (unpaired) electrons. The fourth-order valence-corrected chi connectivity index (χ4v) is 3.08. The van der Waals surface area contributed by atoms with Crippen LogP contribution in [-0.4, -0.2) is 25.3 Å². The van der Waals surface area contributed by atoms with Crippen molar-refractivity contribution in [3.63, 3.8) is 0 Å². The largest absolute Gasteiger partial charge is 0.353 e.